The average molecular weight is 448 g/mol. The average Bonchev–Trinajstić information content (AvgIpc) is 2.61. The third-order valence-electron chi connectivity index (χ3n) is 6.38. The Morgan fingerprint density at radius 2 is 1.94 bits per heavy atom. The zero-order chi connectivity index (χ0) is 23.6. The number of hydrogen-bond acceptors (Lipinski definition) is 2. The van der Waals surface area contributed by atoms with Crippen LogP contribution in [0.3, 0.4) is 0 Å². The summed E-state index contributed by atoms with van der Waals surface area (Å²) in [6.45, 7) is 15.6. The number of carboxylic acid groups (broad SMARTS) is 1. The minimum Gasteiger partial charge on any atom is -0.481 e. The van der Waals surface area contributed by atoms with E-state index in [-0.39, 0.29) is 23.7 Å². The number of hydrogen-bond donors (Lipinski definition) is 1. The molecule has 172 valence electrons. The molecule has 2 rings (SSSR count). The highest BCUT2D eigenvalue weighted by Gasteiger charge is 2.42. The molecule has 0 radical (unpaired) electrons. The maximum absolute atomic E-state index is 13.1. The van der Waals surface area contributed by atoms with E-state index in [0.717, 1.165) is 34.7 Å². The van der Waals surface area contributed by atoms with Crippen LogP contribution in [-0.4, -0.2) is 28.4 Å². The van der Waals surface area contributed by atoms with Crippen LogP contribution in [0, 0.1) is 11.3 Å². The van der Waals surface area contributed by atoms with E-state index in [4.69, 9.17) is 16.7 Å². The summed E-state index contributed by atoms with van der Waals surface area (Å²) in [4.78, 5) is 25.8. The van der Waals surface area contributed by atoms with Crippen molar-refractivity contribution in [3.63, 3.8) is 0 Å². The molecule has 0 aliphatic carbocycles. The largest absolute Gasteiger partial charge is 0.481 e. The van der Waals surface area contributed by atoms with E-state index in [2.05, 4.69) is 53.7 Å². The first kappa shape index (κ1) is 25.5. The molecule has 1 atom stereocenters. The van der Waals surface area contributed by atoms with Gasteiger partial charge in [-0.1, -0.05) is 65.3 Å². The zero-order valence-electron chi connectivity index (χ0n) is 20.1. The molecule has 1 aliphatic heterocycles. The van der Waals surface area contributed by atoms with Crippen LogP contribution in [0.15, 0.2) is 29.5 Å². The second kappa shape index (κ2) is 9.77. The van der Waals surface area contributed by atoms with E-state index in [1.807, 2.05) is 13.0 Å². The molecule has 1 heterocycles. The normalized spacial score (nSPS) is 20.0. The zero-order valence-corrected chi connectivity index (χ0v) is 20.9. The van der Waals surface area contributed by atoms with Crippen molar-refractivity contribution in [2.75, 3.05) is 6.54 Å². The molecule has 1 aromatic carbocycles. The first-order valence-electron chi connectivity index (χ1n) is 11.3. The molecule has 1 amide bonds. The van der Waals surface area contributed by atoms with Crippen LogP contribution in [0.4, 0.5) is 0 Å². The van der Waals surface area contributed by atoms with Crippen molar-refractivity contribution in [1.82, 2.24) is 4.90 Å². The lowest BCUT2D eigenvalue weighted by Gasteiger charge is -2.44. The summed E-state index contributed by atoms with van der Waals surface area (Å²) in [5.41, 5.74) is 4.21. The van der Waals surface area contributed by atoms with Gasteiger partial charge in [-0.2, -0.15) is 0 Å². The quantitative estimate of drug-likeness (QED) is 0.488. The minimum absolute atomic E-state index is 0.0442. The monoisotopic (exact) mass is 447 g/mol. The molecular formula is C26H38ClNO3. The number of amides is 1. The van der Waals surface area contributed by atoms with Crippen molar-refractivity contribution < 1.29 is 14.7 Å². The van der Waals surface area contributed by atoms with E-state index in [0.29, 0.717) is 19.4 Å². The second-order valence-electron chi connectivity index (χ2n) is 10.6. The predicted molar refractivity (Wildman–Crippen MR) is 127 cm³/mol. The summed E-state index contributed by atoms with van der Waals surface area (Å²) in [6.07, 6.45) is 2.87. The highest BCUT2D eigenvalue weighted by Crippen LogP contribution is 2.46. The van der Waals surface area contributed by atoms with Gasteiger partial charge in [0, 0.05) is 35.5 Å². The molecule has 1 unspecified atom stereocenters. The van der Waals surface area contributed by atoms with Gasteiger partial charge in [-0.25, -0.2) is 0 Å². The van der Waals surface area contributed by atoms with Gasteiger partial charge < -0.3 is 10.0 Å². The number of benzene rings is 1. The van der Waals surface area contributed by atoms with Crippen LogP contribution < -0.4 is 0 Å². The summed E-state index contributed by atoms with van der Waals surface area (Å²) in [7, 11) is 0. The van der Waals surface area contributed by atoms with Crippen LogP contribution in [0.2, 0.25) is 5.02 Å². The number of rotatable bonds is 8. The maximum Gasteiger partial charge on any atom is 0.303 e. The molecular weight excluding hydrogens is 410 g/mol. The van der Waals surface area contributed by atoms with Crippen LogP contribution in [0.5, 0.6) is 0 Å². The summed E-state index contributed by atoms with van der Waals surface area (Å²) in [6, 6.07) is 6.29. The molecule has 1 aliphatic rings. The lowest BCUT2D eigenvalue weighted by Crippen LogP contribution is -2.45. The molecule has 0 saturated carbocycles. The number of halogens is 1. The lowest BCUT2D eigenvalue weighted by molar-refractivity contribution is -0.138. The van der Waals surface area contributed by atoms with E-state index in [9.17, 15) is 9.59 Å². The van der Waals surface area contributed by atoms with Gasteiger partial charge in [-0.3, -0.25) is 9.59 Å². The Morgan fingerprint density at radius 1 is 1.29 bits per heavy atom. The standard InChI is InChI=1S/C26H38ClNO3/c1-17(2)24-18(3)28(14-8-9-23(30)31)22(29)16-26(24,7)20-11-10-19(21(27)15-20)12-13-25(4,5)6/h10-11,15,17H,8-9,12-14,16H2,1-7H3,(H,30,31). The van der Waals surface area contributed by atoms with Gasteiger partial charge in [0.05, 0.1) is 0 Å². The number of aryl methyl sites for hydroxylation is 1. The smallest absolute Gasteiger partial charge is 0.303 e. The van der Waals surface area contributed by atoms with Crippen molar-refractivity contribution in [2.24, 2.45) is 11.3 Å². The number of nitrogens with zero attached hydrogens (tertiary/aromatic N) is 1. The number of allylic oxidation sites excluding steroid dienone is 2. The van der Waals surface area contributed by atoms with Gasteiger partial charge in [0.15, 0.2) is 0 Å². The molecule has 0 aromatic heterocycles. The van der Waals surface area contributed by atoms with E-state index >= 15 is 0 Å². The lowest BCUT2D eigenvalue weighted by atomic mass is 9.66. The fraction of sp³-hybridized carbons (Fsp3) is 0.615. The molecule has 4 nitrogen and oxygen atoms in total. The Hall–Kier alpha value is -1.81. The first-order valence-corrected chi connectivity index (χ1v) is 11.7. The van der Waals surface area contributed by atoms with Crippen LogP contribution in [0.25, 0.3) is 0 Å². The van der Waals surface area contributed by atoms with Gasteiger partial charge in [0.25, 0.3) is 0 Å². The molecule has 0 bridgehead atoms. The second-order valence-corrected chi connectivity index (χ2v) is 11.0. The number of aliphatic carboxylic acids is 1. The topological polar surface area (TPSA) is 57.6 Å². The van der Waals surface area contributed by atoms with Crippen LogP contribution in [-0.2, 0) is 21.4 Å². The van der Waals surface area contributed by atoms with E-state index in [1.54, 1.807) is 4.90 Å². The summed E-state index contributed by atoms with van der Waals surface area (Å²) in [5, 5.41) is 9.71. The van der Waals surface area contributed by atoms with Crippen molar-refractivity contribution in [1.29, 1.82) is 0 Å². The highest BCUT2D eigenvalue weighted by atomic mass is 35.5. The molecule has 0 saturated heterocycles. The fourth-order valence-corrected chi connectivity index (χ4v) is 5.10. The molecule has 5 heteroatoms. The number of carboxylic acids is 1. The van der Waals surface area contributed by atoms with Crippen LogP contribution >= 0.6 is 11.6 Å². The van der Waals surface area contributed by atoms with Gasteiger partial charge in [0.1, 0.15) is 0 Å². The molecule has 1 aromatic rings. The Balaban J connectivity index is 2.40. The highest BCUT2D eigenvalue weighted by molar-refractivity contribution is 6.31. The van der Waals surface area contributed by atoms with Gasteiger partial charge in [-0.05, 0) is 60.3 Å². The first-order chi connectivity index (χ1) is 14.3. The number of carbonyl (C=O) groups is 2. The summed E-state index contributed by atoms with van der Waals surface area (Å²) >= 11 is 6.70. The van der Waals surface area contributed by atoms with Crippen molar-refractivity contribution in [2.45, 2.75) is 86.0 Å². The molecule has 0 fully saturated rings. The van der Waals surface area contributed by atoms with Crippen molar-refractivity contribution in [3.8, 4) is 0 Å². The summed E-state index contributed by atoms with van der Waals surface area (Å²) in [5.74, 6) is -0.539. The Morgan fingerprint density at radius 3 is 2.45 bits per heavy atom. The minimum atomic E-state index is -0.832. The third-order valence-corrected chi connectivity index (χ3v) is 6.73. The van der Waals surface area contributed by atoms with Gasteiger partial charge >= 0.3 is 5.97 Å². The SMILES string of the molecule is CC1=C(C(C)C)C(C)(c2ccc(CCC(C)(C)C)c(Cl)c2)CC(=O)N1CCCC(=O)O. The van der Waals surface area contributed by atoms with Crippen LogP contribution in [0.1, 0.15) is 85.3 Å². The molecule has 1 N–H and O–H groups in total. The van der Waals surface area contributed by atoms with Gasteiger partial charge in [-0.15, -0.1) is 0 Å². The summed E-state index contributed by atoms with van der Waals surface area (Å²) < 4.78 is 0. The predicted octanol–water partition coefficient (Wildman–Crippen LogP) is 6.60. The van der Waals surface area contributed by atoms with E-state index < -0.39 is 11.4 Å². The number of carbonyl (C=O) groups excluding carboxylic acids is 1. The maximum atomic E-state index is 13.1. The van der Waals surface area contributed by atoms with Gasteiger partial charge in [0.2, 0.25) is 5.91 Å². The van der Waals surface area contributed by atoms with Crippen molar-refractivity contribution >= 4 is 23.5 Å². The third kappa shape index (κ3) is 6.12. The van der Waals surface area contributed by atoms with E-state index in [1.165, 1.54) is 5.57 Å². The Kier molecular flexibility index (Phi) is 8.02. The van der Waals surface area contributed by atoms with Crippen molar-refractivity contribution in [3.05, 3.63) is 45.6 Å². The Bertz CT molecular complexity index is 866. The molecule has 31 heavy (non-hydrogen) atoms. The fourth-order valence-electron chi connectivity index (χ4n) is 4.82. The Labute approximate surface area is 192 Å². The molecule has 0 spiro atoms.